The second kappa shape index (κ2) is 3.86. The first-order valence-corrected chi connectivity index (χ1v) is 6.00. The summed E-state index contributed by atoms with van der Waals surface area (Å²) in [6, 6.07) is 14.1. The molecule has 4 heteroatoms. The third-order valence-electron chi connectivity index (χ3n) is 3.18. The Labute approximate surface area is 110 Å². The van der Waals surface area contributed by atoms with Gasteiger partial charge < -0.3 is 10.4 Å². The van der Waals surface area contributed by atoms with Gasteiger partial charge in [-0.15, -0.1) is 12.6 Å². The molecular formula is C14H11NO2S. The molecule has 2 N–H and O–H groups in total. The molecule has 18 heavy (non-hydrogen) atoms. The van der Waals surface area contributed by atoms with Gasteiger partial charge in [0.1, 0.15) is 0 Å². The van der Waals surface area contributed by atoms with Gasteiger partial charge in [0.25, 0.3) is 5.91 Å². The lowest BCUT2D eigenvalue weighted by Gasteiger charge is -2.21. The van der Waals surface area contributed by atoms with Crippen LogP contribution in [0.1, 0.15) is 11.1 Å². The standard InChI is InChI=1S/C14H11NO2S/c16-13-14(17,9-5-7-10(18)8-6-9)11-3-1-2-4-12(11)15-13/h1-8,17-18H,(H,15,16). The van der Waals surface area contributed by atoms with Crippen molar-refractivity contribution in [3.8, 4) is 0 Å². The maximum atomic E-state index is 12.1. The van der Waals surface area contributed by atoms with Gasteiger partial charge in [0.05, 0.1) is 0 Å². The summed E-state index contributed by atoms with van der Waals surface area (Å²) in [7, 11) is 0. The van der Waals surface area contributed by atoms with Gasteiger partial charge in [0.2, 0.25) is 0 Å². The highest BCUT2D eigenvalue weighted by molar-refractivity contribution is 7.80. The summed E-state index contributed by atoms with van der Waals surface area (Å²) in [6.45, 7) is 0. The zero-order chi connectivity index (χ0) is 12.8. The first-order valence-electron chi connectivity index (χ1n) is 5.55. The molecule has 0 aliphatic carbocycles. The minimum Gasteiger partial charge on any atom is -0.372 e. The largest absolute Gasteiger partial charge is 0.372 e. The van der Waals surface area contributed by atoms with Crippen molar-refractivity contribution in [1.82, 2.24) is 0 Å². The number of rotatable bonds is 1. The van der Waals surface area contributed by atoms with E-state index in [4.69, 9.17) is 0 Å². The number of carbonyl (C=O) groups excluding carboxylic acids is 1. The fraction of sp³-hybridized carbons (Fsp3) is 0.0714. The number of para-hydroxylation sites is 1. The summed E-state index contributed by atoms with van der Waals surface area (Å²) < 4.78 is 0. The van der Waals surface area contributed by atoms with E-state index >= 15 is 0 Å². The molecule has 0 saturated carbocycles. The van der Waals surface area contributed by atoms with Gasteiger partial charge in [-0.1, -0.05) is 30.3 Å². The number of hydrogen-bond acceptors (Lipinski definition) is 3. The molecule has 3 nitrogen and oxygen atoms in total. The topological polar surface area (TPSA) is 49.3 Å². The third-order valence-corrected chi connectivity index (χ3v) is 3.48. The SMILES string of the molecule is O=C1Nc2ccccc2C1(O)c1ccc(S)cc1. The Bertz CT molecular complexity index is 624. The Balaban J connectivity index is 2.20. The van der Waals surface area contributed by atoms with E-state index in [0.717, 1.165) is 4.90 Å². The average Bonchev–Trinajstić information content (AvgIpc) is 2.64. The van der Waals surface area contributed by atoms with E-state index in [1.54, 1.807) is 42.5 Å². The molecule has 1 aliphatic heterocycles. The molecule has 1 atom stereocenters. The fourth-order valence-corrected chi connectivity index (χ4v) is 2.38. The van der Waals surface area contributed by atoms with Crippen LogP contribution in [0, 0.1) is 0 Å². The Morgan fingerprint density at radius 1 is 1.06 bits per heavy atom. The lowest BCUT2D eigenvalue weighted by molar-refractivity contribution is -0.129. The van der Waals surface area contributed by atoms with E-state index in [9.17, 15) is 9.90 Å². The van der Waals surface area contributed by atoms with Gasteiger partial charge in [-0.25, -0.2) is 0 Å². The van der Waals surface area contributed by atoms with Crippen LogP contribution in [0.4, 0.5) is 5.69 Å². The molecule has 0 radical (unpaired) electrons. The van der Waals surface area contributed by atoms with Gasteiger partial charge >= 0.3 is 0 Å². The molecule has 90 valence electrons. The molecule has 0 aromatic heterocycles. The van der Waals surface area contributed by atoms with E-state index < -0.39 is 11.5 Å². The number of aliphatic hydroxyl groups is 1. The molecule has 3 rings (SSSR count). The van der Waals surface area contributed by atoms with Crippen LogP contribution in [-0.4, -0.2) is 11.0 Å². The minimum atomic E-state index is -1.61. The first-order chi connectivity index (χ1) is 8.62. The highest BCUT2D eigenvalue weighted by Crippen LogP contribution is 2.40. The Morgan fingerprint density at radius 2 is 1.72 bits per heavy atom. The molecule has 0 saturated heterocycles. The summed E-state index contributed by atoms with van der Waals surface area (Å²) in [6.07, 6.45) is 0. The number of fused-ring (bicyclic) bond motifs is 1. The highest BCUT2D eigenvalue weighted by atomic mass is 32.1. The van der Waals surface area contributed by atoms with E-state index in [1.807, 2.05) is 6.07 Å². The van der Waals surface area contributed by atoms with Gasteiger partial charge in [-0.05, 0) is 23.8 Å². The molecule has 1 heterocycles. The maximum Gasteiger partial charge on any atom is 0.265 e. The predicted molar refractivity (Wildman–Crippen MR) is 71.8 cm³/mol. The maximum absolute atomic E-state index is 12.1. The van der Waals surface area contributed by atoms with E-state index in [-0.39, 0.29) is 0 Å². The number of anilines is 1. The van der Waals surface area contributed by atoms with Crippen LogP contribution in [0.15, 0.2) is 53.4 Å². The minimum absolute atomic E-state index is 0.421. The quantitative estimate of drug-likeness (QED) is 0.686. The monoisotopic (exact) mass is 257 g/mol. The normalized spacial score (nSPS) is 21.6. The van der Waals surface area contributed by atoms with Crippen LogP contribution < -0.4 is 5.32 Å². The molecule has 2 aromatic rings. The van der Waals surface area contributed by atoms with Gasteiger partial charge in [-0.3, -0.25) is 4.79 Å². The molecule has 1 aliphatic rings. The van der Waals surface area contributed by atoms with Crippen LogP contribution in [-0.2, 0) is 10.4 Å². The Morgan fingerprint density at radius 3 is 2.44 bits per heavy atom. The van der Waals surface area contributed by atoms with Crippen LogP contribution >= 0.6 is 12.6 Å². The second-order valence-corrected chi connectivity index (χ2v) is 4.77. The molecule has 0 spiro atoms. The van der Waals surface area contributed by atoms with Crippen molar-refractivity contribution in [3.05, 3.63) is 59.7 Å². The number of thiol groups is 1. The molecule has 0 fully saturated rings. The van der Waals surface area contributed by atoms with Crippen molar-refractivity contribution >= 4 is 24.2 Å². The smallest absolute Gasteiger partial charge is 0.265 e. The zero-order valence-electron chi connectivity index (χ0n) is 9.42. The van der Waals surface area contributed by atoms with Crippen LogP contribution in [0.2, 0.25) is 0 Å². The lowest BCUT2D eigenvalue weighted by atomic mass is 9.88. The molecule has 1 amide bonds. The second-order valence-electron chi connectivity index (χ2n) is 4.26. The summed E-state index contributed by atoms with van der Waals surface area (Å²) in [4.78, 5) is 12.8. The first kappa shape index (κ1) is 11.3. The van der Waals surface area contributed by atoms with Crippen molar-refractivity contribution in [1.29, 1.82) is 0 Å². The zero-order valence-corrected chi connectivity index (χ0v) is 10.3. The highest BCUT2D eigenvalue weighted by Gasteiger charge is 2.46. The third kappa shape index (κ3) is 1.46. The number of carbonyl (C=O) groups is 1. The molecule has 0 bridgehead atoms. The Hall–Kier alpha value is -1.78. The molecule has 2 aromatic carbocycles. The summed E-state index contributed by atoms with van der Waals surface area (Å²) in [5, 5.41) is 13.4. The summed E-state index contributed by atoms with van der Waals surface area (Å²) in [5.74, 6) is -0.421. The van der Waals surface area contributed by atoms with E-state index in [2.05, 4.69) is 17.9 Å². The predicted octanol–water partition coefficient (Wildman–Crippen LogP) is 2.16. The van der Waals surface area contributed by atoms with Crippen LogP contribution in [0.3, 0.4) is 0 Å². The number of amides is 1. The number of benzene rings is 2. The van der Waals surface area contributed by atoms with Crippen molar-refractivity contribution in [2.24, 2.45) is 0 Å². The van der Waals surface area contributed by atoms with E-state index in [1.165, 1.54) is 0 Å². The molecular weight excluding hydrogens is 246 g/mol. The lowest BCUT2D eigenvalue weighted by Crippen LogP contribution is -2.35. The van der Waals surface area contributed by atoms with Crippen LogP contribution in [0.25, 0.3) is 0 Å². The van der Waals surface area contributed by atoms with Gasteiger partial charge in [0.15, 0.2) is 5.60 Å². The van der Waals surface area contributed by atoms with E-state index in [0.29, 0.717) is 16.8 Å². The van der Waals surface area contributed by atoms with Crippen molar-refractivity contribution in [2.75, 3.05) is 5.32 Å². The van der Waals surface area contributed by atoms with Gasteiger partial charge in [-0.2, -0.15) is 0 Å². The average molecular weight is 257 g/mol. The van der Waals surface area contributed by atoms with Crippen molar-refractivity contribution in [2.45, 2.75) is 10.5 Å². The van der Waals surface area contributed by atoms with Crippen molar-refractivity contribution < 1.29 is 9.90 Å². The Kier molecular flexibility index (Phi) is 2.43. The fourth-order valence-electron chi connectivity index (χ4n) is 2.23. The van der Waals surface area contributed by atoms with Crippen molar-refractivity contribution in [3.63, 3.8) is 0 Å². The number of hydrogen-bond donors (Lipinski definition) is 3. The number of nitrogens with one attached hydrogen (secondary N) is 1. The molecule has 1 unspecified atom stereocenters. The summed E-state index contributed by atoms with van der Waals surface area (Å²) in [5.41, 5.74) is 0.169. The summed E-state index contributed by atoms with van der Waals surface area (Å²) >= 11 is 4.20. The van der Waals surface area contributed by atoms with Crippen LogP contribution in [0.5, 0.6) is 0 Å². The van der Waals surface area contributed by atoms with Gasteiger partial charge in [0, 0.05) is 16.1 Å².